The van der Waals surface area contributed by atoms with E-state index in [0.717, 1.165) is 12.2 Å². The van der Waals surface area contributed by atoms with Gasteiger partial charge in [-0.1, -0.05) is 26.0 Å². The van der Waals surface area contributed by atoms with E-state index in [1.807, 2.05) is 36.9 Å². The molecule has 1 saturated carbocycles. The van der Waals surface area contributed by atoms with Gasteiger partial charge in [-0.3, -0.25) is 9.59 Å². The van der Waals surface area contributed by atoms with Gasteiger partial charge in [-0.25, -0.2) is 0 Å². The zero-order chi connectivity index (χ0) is 14.3. The van der Waals surface area contributed by atoms with Crippen LogP contribution in [0.2, 0.25) is 0 Å². The molecule has 2 aliphatic rings. The molecular weight excluding hydrogens is 252 g/mol. The minimum Gasteiger partial charge on any atom is -0.340 e. The summed E-state index contributed by atoms with van der Waals surface area (Å²) in [5.41, 5.74) is 1.36. The van der Waals surface area contributed by atoms with Gasteiger partial charge in [0, 0.05) is 6.54 Å². The zero-order valence-electron chi connectivity index (χ0n) is 11.9. The van der Waals surface area contributed by atoms with Crippen LogP contribution in [0.4, 0.5) is 5.69 Å². The first-order chi connectivity index (χ1) is 9.58. The highest BCUT2D eigenvalue weighted by atomic mass is 16.2. The molecule has 1 aromatic carbocycles. The Morgan fingerprint density at radius 2 is 1.95 bits per heavy atom. The fourth-order valence-electron chi connectivity index (χ4n) is 2.67. The van der Waals surface area contributed by atoms with Gasteiger partial charge >= 0.3 is 0 Å². The van der Waals surface area contributed by atoms with Crippen molar-refractivity contribution in [1.82, 2.24) is 5.32 Å². The number of hydrogen-bond donors (Lipinski definition) is 1. The smallest absolute Gasteiger partial charge is 0.254 e. The average molecular weight is 272 g/mol. The first-order valence-electron chi connectivity index (χ1n) is 7.29. The number of rotatable bonds is 3. The first-order valence-corrected chi connectivity index (χ1v) is 7.29. The maximum Gasteiger partial charge on any atom is 0.254 e. The van der Waals surface area contributed by atoms with Crippen LogP contribution in [-0.2, 0) is 4.79 Å². The van der Waals surface area contributed by atoms with Crippen LogP contribution in [0, 0.1) is 11.8 Å². The molecule has 0 spiro atoms. The van der Waals surface area contributed by atoms with Gasteiger partial charge in [0.05, 0.1) is 11.3 Å². The zero-order valence-corrected chi connectivity index (χ0v) is 11.9. The third-order valence-corrected chi connectivity index (χ3v) is 4.06. The fourth-order valence-corrected chi connectivity index (χ4v) is 2.67. The van der Waals surface area contributed by atoms with E-state index in [-0.39, 0.29) is 17.7 Å². The molecule has 1 aliphatic heterocycles. The van der Waals surface area contributed by atoms with Gasteiger partial charge in [0.2, 0.25) is 5.91 Å². The maximum atomic E-state index is 12.8. The molecule has 0 aromatic heterocycles. The summed E-state index contributed by atoms with van der Waals surface area (Å²) in [5, 5.41) is 2.88. The second kappa shape index (κ2) is 4.93. The minimum absolute atomic E-state index is 0.0187. The molecule has 1 fully saturated rings. The van der Waals surface area contributed by atoms with Crippen LogP contribution < -0.4 is 10.2 Å². The average Bonchev–Trinajstić information content (AvgIpc) is 3.25. The number of hydrogen-bond acceptors (Lipinski definition) is 2. The standard InChI is InChI=1S/C16H20N2O2/c1-10(2)14-16(20)18(9-11-7-8-11)13-6-4-3-5-12(13)15(19)17-14/h3-6,10-11,14H,7-9H2,1-2H3,(H,17,19). The molecule has 1 N–H and O–H groups in total. The number of benzene rings is 1. The van der Waals surface area contributed by atoms with E-state index in [4.69, 9.17) is 0 Å². The predicted molar refractivity (Wildman–Crippen MR) is 77.6 cm³/mol. The Hall–Kier alpha value is -1.84. The molecule has 0 saturated heterocycles. The van der Waals surface area contributed by atoms with Crippen LogP contribution in [-0.4, -0.2) is 24.4 Å². The molecule has 0 radical (unpaired) electrons. The molecular formula is C16H20N2O2. The Balaban J connectivity index is 2.03. The summed E-state index contributed by atoms with van der Waals surface area (Å²) in [6.45, 7) is 4.66. The number of para-hydroxylation sites is 1. The topological polar surface area (TPSA) is 49.4 Å². The van der Waals surface area contributed by atoms with E-state index in [2.05, 4.69) is 5.32 Å². The Bertz CT molecular complexity index is 549. The molecule has 0 bridgehead atoms. The van der Waals surface area contributed by atoms with E-state index in [9.17, 15) is 9.59 Å². The normalized spacial score (nSPS) is 22.6. The van der Waals surface area contributed by atoms with Crippen LogP contribution in [0.25, 0.3) is 0 Å². The number of fused-ring (bicyclic) bond motifs is 1. The number of carbonyl (C=O) groups is 2. The number of nitrogens with zero attached hydrogens (tertiary/aromatic N) is 1. The monoisotopic (exact) mass is 272 g/mol. The highest BCUT2D eigenvalue weighted by molar-refractivity contribution is 6.11. The van der Waals surface area contributed by atoms with Crippen LogP contribution in [0.3, 0.4) is 0 Å². The van der Waals surface area contributed by atoms with Gasteiger partial charge < -0.3 is 10.2 Å². The van der Waals surface area contributed by atoms with Crippen molar-refractivity contribution in [3.63, 3.8) is 0 Å². The molecule has 106 valence electrons. The van der Waals surface area contributed by atoms with Gasteiger partial charge in [0.1, 0.15) is 6.04 Å². The number of nitrogens with one attached hydrogen (secondary N) is 1. The quantitative estimate of drug-likeness (QED) is 0.917. The highest BCUT2D eigenvalue weighted by Crippen LogP contribution is 2.34. The van der Waals surface area contributed by atoms with Gasteiger partial charge in [-0.05, 0) is 36.8 Å². The van der Waals surface area contributed by atoms with Crippen molar-refractivity contribution in [2.45, 2.75) is 32.7 Å². The van der Waals surface area contributed by atoms with E-state index >= 15 is 0 Å². The molecule has 4 heteroatoms. The summed E-state index contributed by atoms with van der Waals surface area (Å²) in [6.07, 6.45) is 2.36. The summed E-state index contributed by atoms with van der Waals surface area (Å²) in [4.78, 5) is 26.9. The van der Waals surface area contributed by atoms with E-state index in [1.54, 1.807) is 6.07 Å². The molecule has 4 nitrogen and oxygen atoms in total. The molecule has 1 heterocycles. The van der Waals surface area contributed by atoms with E-state index in [1.165, 1.54) is 12.8 Å². The van der Waals surface area contributed by atoms with Crippen molar-refractivity contribution >= 4 is 17.5 Å². The lowest BCUT2D eigenvalue weighted by atomic mass is 10.0. The second-order valence-corrected chi connectivity index (χ2v) is 6.10. The lowest BCUT2D eigenvalue weighted by Crippen LogP contribution is -2.49. The van der Waals surface area contributed by atoms with Crippen LogP contribution >= 0.6 is 0 Å². The summed E-state index contributed by atoms with van der Waals surface area (Å²) >= 11 is 0. The number of carbonyl (C=O) groups excluding carboxylic acids is 2. The molecule has 1 aromatic rings. The largest absolute Gasteiger partial charge is 0.340 e. The van der Waals surface area contributed by atoms with Crippen LogP contribution in [0.15, 0.2) is 24.3 Å². The van der Waals surface area contributed by atoms with Crippen molar-refractivity contribution in [2.24, 2.45) is 11.8 Å². The van der Waals surface area contributed by atoms with Crippen molar-refractivity contribution in [3.8, 4) is 0 Å². The summed E-state index contributed by atoms with van der Waals surface area (Å²) in [6, 6.07) is 6.95. The highest BCUT2D eigenvalue weighted by Gasteiger charge is 2.37. The summed E-state index contributed by atoms with van der Waals surface area (Å²) in [5.74, 6) is 0.548. The lowest BCUT2D eigenvalue weighted by molar-refractivity contribution is -0.121. The first kappa shape index (κ1) is 13.2. The number of anilines is 1. The summed E-state index contributed by atoms with van der Waals surface area (Å²) < 4.78 is 0. The molecule has 1 aliphatic carbocycles. The van der Waals surface area contributed by atoms with Gasteiger partial charge in [0.15, 0.2) is 0 Å². The van der Waals surface area contributed by atoms with Gasteiger partial charge in [-0.2, -0.15) is 0 Å². The van der Waals surface area contributed by atoms with E-state index < -0.39 is 6.04 Å². The van der Waals surface area contributed by atoms with Gasteiger partial charge in [0.25, 0.3) is 5.91 Å². The molecule has 1 atom stereocenters. The molecule has 3 rings (SSSR count). The molecule has 20 heavy (non-hydrogen) atoms. The number of amides is 2. The Kier molecular flexibility index (Phi) is 3.24. The van der Waals surface area contributed by atoms with Crippen LogP contribution in [0.1, 0.15) is 37.0 Å². The fraction of sp³-hybridized carbons (Fsp3) is 0.500. The minimum atomic E-state index is -0.436. The third-order valence-electron chi connectivity index (χ3n) is 4.06. The van der Waals surface area contributed by atoms with Crippen molar-refractivity contribution in [2.75, 3.05) is 11.4 Å². The lowest BCUT2D eigenvalue weighted by Gasteiger charge is -2.27. The Morgan fingerprint density at radius 3 is 2.60 bits per heavy atom. The van der Waals surface area contributed by atoms with E-state index in [0.29, 0.717) is 11.5 Å². The second-order valence-electron chi connectivity index (χ2n) is 6.10. The molecule has 1 unspecified atom stereocenters. The summed E-state index contributed by atoms with van der Waals surface area (Å²) in [7, 11) is 0. The van der Waals surface area contributed by atoms with Crippen molar-refractivity contribution < 1.29 is 9.59 Å². The Morgan fingerprint density at radius 1 is 1.25 bits per heavy atom. The molecule has 2 amide bonds. The van der Waals surface area contributed by atoms with Crippen molar-refractivity contribution in [3.05, 3.63) is 29.8 Å². The van der Waals surface area contributed by atoms with Crippen LogP contribution in [0.5, 0.6) is 0 Å². The predicted octanol–water partition coefficient (Wildman–Crippen LogP) is 2.20. The third kappa shape index (κ3) is 2.30. The maximum absolute atomic E-state index is 12.8. The van der Waals surface area contributed by atoms with Gasteiger partial charge in [-0.15, -0.1) is 0 Å². The van der Waals surface area contributed by atoms with Crippen molar-refractivity contribution in [1.29, 1.82) is 0 Å². The SMILES string of the molecule is CC(C)C1NC(=O)c2ccccc2N(CC2CC2)C1=O. The Labute approximate surface area is 119 Å².